The Morgan fingerprint density at radius 1 is 1.40 bits per heavy atom. The summed E-state index contributed by atoms with van der Waals surface area (Å²) in [6.07, 6.45) is 1.51. The summed E-state index contributed by atoms with van der Waals surface area (Å²) in [6, 6.07) is 3.00. The molecule has 0 saturated carbocycles. The van der Waals surface area contributed by atoms with Crippen LogP contribution in [0.25, 0.3) is 0 Å². The third-order valence-electron chi connectivity index (χ3n) is 3.57. The van der Waals surface area contributed by atoms with E-state index in [1.807, 2.05) is 34.6 Å². The molecule has 0 aromatic carbocycles. The summed E-state index contributed by atoms with van der Waals surface area (Å²) in [4.78, 5) is 4.37. The Bertz CT molecular complexity index is 550. The summed E-state index contributed by atoms with van der Waals surface area (Å²) in [6.45, 7) is 10.6. The predicted molar refractivity (Wildman–Crippen MR) is 82.3 cm³/mol. The number of nitrogens with zero attached hydrogens (tertiary/aromatic N) is 2. The zero-order chi connectivity index (χ0) is 15.6. The van der Waals surface area contributed by atoms with Gasteiger partial charge in [0, 0.05) is 31.9 Å². The molecule has 0 amide bonds. The Balaban J connectivity index is 3.13. The number of hydrogen-bond acceptors (Lipinski definition) is 4. The normalized spacial score (nSPS) is 14.3. The number of hydrogen-bond donors (Lipinski definition) is 1. The molecule has 1 rings (SSSR count). The monoisotopic (exact) mass is 299 g/mol. The van der Waals surface area contributed by atoms with E-state index in [1.54, 1.807) is 13.1 Å². The van der Waals surface area contributed by atoms with Crippen molar-refractivity contribution in [1.82, 2.24) is 9.29 Å². The van der Waals surface area contributed by atoms with Gasteiger partial charge in [0.05, 0.1) is 4.90 Å². The van der Waals surface area contributed by atoms with E-state index in [4.69, 9.17) is 0 Å². The van der Waals surface area contributed by atoms with E-state index in [2.05, 4.69) is 10.3 Å². The fourth-order valence-electron chi connectivity index (χ4n) is 1.77. The van der Waals surface area contributed by atoms with Gasteiger partial charge in [-0.05, 0) is 25.3 Å². The quantitative estimate of drug-likeness (QED) is 0.907. The van der Waals surface area contributed by atoms with Crippen molar-refractivity contribution < 1.29 is 8.42 Å². The van der Waals surface area contributed by atoms with Crippen molar-refractivity contribution in [2.75, 3.05) is 18.9 Å². The summed E-state index contributed by atoms with van der Waals surface area (Å²) in [5, 5.41) is 3.02. The van der Waals surface area contributed by atoms with E-state index in [-0.39, 0.29) is 16.4 Å². The number of rotatable bonds is 5. The third-order valence-corrected chi connectivity index (χ3v) is 5.49. The molecule has 1 heterocycles. The Kier molecular flexibility index (Phi) is 5.15. The van der Waals surface area contributed by atoms with Gasteiger partial charge in [0.15, 0.2) is 0 Å². The van der Waals surface area contributed by atoms with Crippen molar-refractivity contribution in [3.63, 3.8) is 0 Å². The molecule has 0 saturated heterocycles. The van der Waals surface area contributed by atoms with Crippen LogP contribution in [0, 0.1) is 5.41 Å². The Morgan fingerprint density at radius 2 is 2.00 bits per heavy atom. The van der Waals surface area contributed by atoms with Crippen LogP contribution in [-0.4, -0.2) is 37.3 Å². The molecule has 20 heavy (non-hydrogen) atoms. The van der Waals surface area contributed by atoms with E-state index >= 15 is 0 Å². The summed E-state index contributed by atoms with van der Waals surface area (Å²) in [5.41, 5.74) is -0.126. The first-order valence-electron chi connectivity index (χ1n) is 6.78. The SMILES string of the molecule is CCNc1cc(S(=O)(=O)N(C)C(C)C(C)(C)C)ccn1. The molecule has 1 aromatic heterocycles. The first-order valence-corrected chi connectivity index (χ1v) is 8.22. The van der Waals surface area contributed by atoms with E-state index in [9.17, 15) is 8.42 Å². The van der Waals surface area contributed by atoms with Crippen LogP contribution >= 0.6 is 0 Å². The Labute approximate surface area is 122 Å². The van der Waals surface area contributed by atoms with Crippen molar-refractivity contribution in [3.05, 3.63) is 18.3 Å². The van der Waals surface area contributed by atoms with Gasteiger partial charge in [-0.25, -0.2) is 13.4 Å². The number of nitrogens with one attached hydrogen (secondary N) is 1. The standard InChI is InChI=1S/C14H25N3O2S/c1-7-15-13-10-12(8-9-16-13)20(18,19)17(6)11(2)14(3,4)5/h8-11H,7H2,1-6H3,(H,15,16). The highest BCUT2D eigenvalue weighted by Crippen LogP contribution is 2.27. The molecule has 1 atom stereocenters. The van der Waals surface area contributed by atoms with E-state index in [0.29, 0.717) is 12.4 Å². The lowest BCUT2D eigenvalue weighted by molar-refractivity contribution is 0.216. The van der Waals surface area contributed by atoms with Gasteiger partial charge in [-0.15, -0.1) is 0 Å². The smallest absolute Gasteiger partial charge is 0.243 e. The second-order valence-electron chi connectivity index (χ2n) is 5.97. The van der Waals surface area contributed by atoms with Gasteiger partial charge in [0.25, 0.3) is 0 Å². The molecule has 6 heteroatoms. The molecule has 0 radical (unpaired) electrons. The molecular weight excluding hydrogens is 274 g/mol. The Morgan fingerprint density at radius 3 is 2.50 bits per heavy atom. The summed E-state index contributed by atoms with van der Waals surface area (Å²) in [7, 11) is -1.89. The summed E-state index contributed by atoms with van der Waals surface area (Å²) in [5.74, 6) is 0.574. The fourth-order valence-corrected chi connectivity index (χ4v) is 3.33. The summed E-state index contributed by atoms with van der Waals surface area (Å²) >= 11 is 0. The lowest BCUT2D eigenvalue weighted by atomic mass is 9.88. The van der Waals surface area contributed by atoms with Gasteiger partial charge >= 0.3 is 0 Å². The maximum atomic E-state index is 12.6. The number of anilines is 1. The largest absolute Gasteiger partial charge is 0.370 e. The van der Waals surface area contributed by atoms with Crippen LogP contribution in [0.15, 0.2) is 23.2 Å². The van der Waals surface area contributed by atoms with Crippen LogP contribution in [0.1, 0.15) is 34.6 Å². The first kappa shape index (κ1) is 16.9. The number of pyridine rings is 1. The van der Waals surface area contributed by atoms with E-state index < -0.39 is 10.0 Å². The zero-order valence-electron chi connectivity index (χ0n) is 13.1. The van der Waals surface area contributed by atoms with Crippen LogP contribution in [0.2, 0.25) is 0 Å². The molecule has 0 aliphatic rings. The van der Waals surface area contributed by atoms with Crippen LogP contribution in [0.3, 0.4) is 0 Å². The topological polar surface area (TPSA) is 62.3 Å². The van der Waals surface area contributed by atoms with Gasteiger partial charge in [0.1, 0.15) is 5.82 Å². The highest BCUT2D eigenvalue weighted by molar-refractivity contribution is 7.89. The van der Waals surface area contributed by atoms with Crippen molar-refractivity contribution in [1.29, 1.82) is 0 Å². The van der Waals surface area contributed by atoms with Gasteiger partial charge in [-0.3, -0.25) is 0 Å². The van der Waals surface area contributed by atoms with Crippen LogP contribution < -0.4 is 5.32 Å². The van der Waals surface area contributed by atoms with E-state index in [0.717, 1.165) is 0 Å². The first-order chi connectivity index (χ1) is 9.10. The van der Waals surface area contributed by atoms with Gasteiger partial charge < -0.3 is 5.32 Å². The van der Waals surface area contributed by atoms with Gasteiger partial charge in [-0.1, -0.05) is 20.8 Å². The molecule has 0 spiro atoms. The Hall–Kier alpha value is -1.14. The minimum absolute atomic E-state index is 0.108. The maximum absolute atomic E-state index is 12.6. The average molecular weight is 299 g/mol. The second-order valence-corrected chi connectivity index (χ2v) is 7.97. The molecule has 1 N–H and O–H groups in total. The minimum Gasteiger partial charge on any atom is -0.370 e. The van der Waals surface area contributed by atoms with Crippen LogP contribution in [0.5, 0.6) is 0 Å². The average Bonchev–Trinajstić information content (AvgIpc) is 2.36. The molecule has 0 fully saturated rings. The van der Waals surface area contributed by atoms with Crippen molar-refractivity contribution in [3.8, 4) is 0 Å². The minimum atomic E-state index is -3.51. The maximum Gasteiger partial charge on any atom is 0.243 e. The molecule has 0 aliphatic heterocycles. The van der Waals surface area contributed by atoms with Crippen LogP contribution in [0.4, 0.5) is 5.82 Å². The zero-order valence-corrected chi connectivity index (χ0v) is 14.0. The third kappa shape index (κ3) is 3.70. The number of aromatic nitrogens is 1. The predicted octanol–water partition coefficient (Wildman–Crippen LogP) is 2.57. The van der Waals surface area contributed by atoms with Crippen molar-refractivity contribution in [2.45, 2.75) is 45.6 Å². The van der Waals surface area contributed by atoms with Gasteiger partial charge in [-0.2, -0.15) is 4.31 Å². The van der Waals surface area contributed by atoms with Crippen molar-refractivity contribution >= 4 is 15.8 Å². The summed E-state index contributed by atoms with van der Waals surface area (Å²) < 4.78 is 26.7. The lowest BCUT2D eigenvalue weighted by Crippen LogP contribution is -2.42. The highest BCUT2D eigenvalue weighted by atomic mass is 32.2. The molecule has 5 nitrogen and oxygen atoms in total. The molecule has 0 bridgehead atoms. The van der Waals surface area contributed by atoms with Crippen molar-refractivity contribution in [2.24, 2.45) is 5.41 Å². The molecule has 0 aliphatic carbocycles. The fraction of sp³-hybridized carbons (Fsp3) is 0.643. The molecule has 1 aromatic rings. The van der Waals surface area contributed by atoms with Gasteiger partial charge in [0.2, 0.25) is 10.0 Å². The number of sulfonamides is 1. The highest BCUT2D eigenvalue weighted by Gasteiger charge is 2.32. The second kappa shape index (κ2) is 6.10. The lowest BCUT2D eigenvalue weighted by Gasteiger charge is -2.34. The van der Waals surface area contributed by atoms with E-state index in [1.165, 1.54) is 16.6 Å². The molecule has 114 valence electrons. The van der Waals surface area contributed by atoms with Crippen LogP contribution in [-0.2, 0) is 10.0 Å². The molecule has 1 unspecified atom stereocenters. The molecular formula is C14H25N3O2S.